The molecule has 0 aliphatic carbocycles. The van der Waals surface area contributed by atoms with E-state index in [-0.39, 0.29) is 10.6 Å². The van der Waals surface area contributed by atoms with Crippen LogP contribution in [0.25, 0.3) is 10.1 Å². The lowest BCUT2D eigenvalue weighted by Crippen LogP contribution is -2.47. The van der Waals surface area contributed by atoms with E-state index in [0.29, 0.717) is 5.69 Å². The molecular formula is C25H25N5O4S2. The first-order valence-electron chi connectivity index (χ1n) is 11.6. The zero-order valence-corrected chi connectivity index (χ0v) is 21.0. The molecule has 3 aromatic carbocycles. The summed E-state index contributed by atoms with van der Waals surface area (Å²) in [6, 6.07) is 20.5. The number of sulfonamides is 1. The van der Waals surface area contributed by atoms with Gasteiger partial charge in [-0.05, 0) is 59.9 Å². The molecule has 1 N–H and O–H groups in total. The van der Waals surface area contributed by atoms with E-state index in [1.54, 1.807) is 23.7 Å². The van der Waals surface area contributed by atoms with Crippen molar-refractivity contribution in [1.29, 1.82) is 0 Å². The Morgan fingerprint density at radius 2 is 1.64 bits per heavy atom. The highest BCUT2D eigenvalue weighted by atomic mass is 32.2. The monoisotopic (exact) mass is 523 g/mol. The molecule has 4 aromatic rings. The predicted molar refractivity (Wildman–Crippen MR) is 142 cm³/mol. The van der Waals surface area contributed by atoms with Crippen LogP contribution in [-0.2, 0) is 16.4 Å². The molecule has 1 saturated heterocycles. The summed E-state index contributed by atoms with van der Waals surface area (Å²) >= 11 is 1.55. The van der Waals surface area contributed by atoms with E-state index in [0.717, 1.165) is 50.5 Å². The van der Waals surface area contributed by atoms with Gasteiger partial charge >= 0.3 is 0 Å². The van der Waals surface area contributed by atoms with Crippen LogP contribution in [0, 0.1) is 10.1 Å². The number of benzene rings is 3. The molecule has 36 heavy (non-hydrogen) atoms. The number of nitrogens with zero attached hydrogens (tertiary/aromatic N) is 4. The minimum absolute atomic E-state index is 0.0260. The molecule has 0 unspecified atom stereocenters. The molecular weight excluding hydrogens is 498 g/mol. The molecule has 1 aliphatic heterocycles. The van der Waals surface area contributed by atoms with Gasteiger partial charge in [-0.15, -0.1) is 0 Å². The molecule has 9 nitrogen and oxygen atoms in total. The molecule has 0 saturated carbocycles. The van der Waals surface area contributed by atoms with Crippen LogP contribution in [0.2, 0.25) is 0 Å². The lowest BCUT2D eigenvalue weighted by molar-refractivity contribution is -0.384. The van der Waals surface area contributed by atoms with Crippen molar-refractivity contribution in [3.63, 3.8) is 0 Å². The van der Waals surface area contributed by atoms with Crippen molar-refractivity contribution in [3.05, 3.63) is 88.5 Å². The number of fused-ring (bicyclic) bond motifs is 1. The van der Waals surface area contributed by atoms with Gasteiger partial charge in [-0.2, -0.15) is 4.37 Å². The summed E-state index contributed by atoms with van der Waals surface area (Å²) in [6.45, 7) is 4.76. The highest BCUT2D eigenvalue weighted by Gasteiger charge is 2.21. The largest absolute Gasteiger partial charge is 0.353 e. The summed E-state index contributed by atoms with van der Waals surface area (Å²) in [5.41, 5.74) is 1.42. The van der Waals surface area contributed by atoms with Crippen molar-refractivity contribution in [1.82, 2.24) is 9.27 Å². The quantitative estimate of drug-likeness (QED) is 0.270. The van der Waals surface area contributed by atoms with Gasteiger partial charge in [-0.1, -0.05) is 24.3 Å². The van der Waals surface area contributed by atoms with Crippen LogP contribution >= 0.6 is 11.5 Å². The number of piperazine rings is 1. The van der Waals surface area contributed by atoms with Crippen LogP contribution < -0.4 is 9.62 Å². The smallest absolute Gasteiger partial charge is 0.269 e. The molecule has 0 bridgehead atoms. The number of hydrogen-bond donors (Lipinski definition) is 1. The Morgan fingerprint density at radius 1 is 0.944 bits per heavy atom. The van der Waals surface area contributed by atoms with Crippen LogP contribution in [0.4, 0.5) is 17.2 Å². The molecule has 0 radical (unpaired) electrons. The number of anilines is 2. The maximum Gasteiger partial charge on any atom is 0.269 e. The number of rotatable bonds is 8. The second kappa shape index (κ2) is 10.2. The SMILES string of the molecule is O=[N+]([O-])c1ccc(S(=O)(=O)Nc2ccc(CCN3CCN(c4nsc5ccccc45)CC3)cc2)cc1. The Kier molecular flexibility index (Phi) is 6.86. The van der Waals surface area contributed by atoms with E-state index in [1.165, 1.54) is 34.4 Å². The highest BCUT2D eigenvalue weighted by molar-refractivity contribution is 7.92. The third-order valence-electron chi connectivity index (χ3n) is 6.31. The number of non-ortho nitro benzene ring substituents is 1. The van der Waals surface area contributed by atoms with Gasteiger partial charge in [0.1, 0.15) is 5.82 Å². The van der Waals surface area contributed by atoms with Crippen LogP contribution in [0.15, 0.2) is 77.7 Å². The average molecular weight is 524 g/mol. The second-order valence-electron chi connectivity index (χ2n) is 8.63. The second-order valence-corrected chi connectivity index (χ2v) is 11.1. The first-order valence-corrected chi connectivity index (χ1v) is 13.8. The standard InChI is InChI=1S/C25H25N5O4S2/c31-30(32)21-9-11-22(12-10-21)36(33,34)27-20-7-5-19(6-8-20)13-14-28-15-17-29(18-16-28)25-23-3-1-2-4-24(23)35-26-25/h1-12,27H,13-18H2. The molecule has 0 atom stereocenters. The van der Waals surface area contributed by atoms with Gasteiger partial charge in [-0.25, -0.2) is 8.42 Å². The third kappa shape index (κ3) is 5.32. The zero-order valence-electron chi connectivity index (χ0n) is 19.4. The lowest BCUT2D eigenvalue weighted by atomic mass is 10.1. The first-order chi connectivity index (χ1) is 17.4. The highest BCUT2D eigenvalue weighted by Crippen LogP contribution is 2.30. The first kappa shape index (κ1) is 24.2. The summed E-state index contributed by atoms with van der Waals surface area (Å²) in [4.78, 5) is 15.0. The van der Waals surface area contributed by atoms with E-state index in [4.69, 9.17) is 0 Å². The van der Waals surface area contributed by atoms with Gasteiger partial charge in [0.2, 0.25) is 0 Å². The normalized spacial score (nSPS) is 14.7. The Labute approximate surface area is 213 Å². The van der Waals surface area contributed by atoms with Gasteiger partial charge in [0, 0.05) is 55.9 Å². The predicted octanol–water partition coefficient (Wildman–Crippen LogP) is 4.37. The topological polar surface area (TPSA) is 109 Å². The zero-order chi connectivity index (χ0) is 25.1. The van der Waals surface area contributed by atoms with E-state index in [9.17, 15) is 18.5 Å². The number of nitro groups is 1. The maximum absolute atomic E-state index is 12.6. The fourth-order valence-electron chi connectivity index (χ4n) is 4.27. The van der Waals surface area contributed by atoms with Crippen molar-refractivity contribution in [2.75, 3.05) is 42.3 Å². The van der Waals surface area contributed by atoms with E-state index >= 15 is 0 Å². The van der Waals surface area contributed by atoms with E-state index in [2.05, 4.69) is 37.1 Å². The summed E-state index contributed by atoms with van der Waals surface area (Å²) in [6.07, 6.45) is 0.870. The minimum atomic E-state index is -3.83. The van der Waals surface area contributed by atoms with Crippen molar-refractivity contribution in [2.24, 2.45) is 0 Å². The molecule has 5 rings (SSSR count). The molecule has 1 aromatic heterocycles. The Morgan fingerprint density at radius 3 is 2.33 bits per heavy atom. The average Bonchev–Trinajstić information content (AvgIpc) is 3.33. The molecule has 186 valence electrons. The van der Waals surface area contributed by atoms with Gasteiger partial charge in [0.05, 0.1) is 14.5 Å². The number of nitrogens with one attached hydrogen (secondary N) is 1. The molecule has 1 aliphatic rings. The van der Waals surface area contributed by atoms with Crippen LogP contribution in [0.3, 0.4) is 0 Å². The number of hydrogen-bond acceptors (Lipinski definition) is 8. The fourth-order valence-corrected chi connectivity index (χ4v) is 6.13. The van der Waals surface area contributed by atoms with Gasteiger partial charge in [0.25, 0.3) is 15.7 Å². The number of nitro benzene ring substituents is 1. The van der Waals surface area contributed by atoms with E-state index in [1.807, 2.05) is 18.2 Å². The Hall–Kier alpha value is -3.54. The van der Waals surface area contributed by atoms with Crippen molar-refractivity contribution in [3.8, 4) is 0 Å². The molecule has 1 fully saturated rings. The summed E-state index contributed by atoms with van der Waals surface area (Å²) < 4.78 is 33.6. The van der Waals surface area contributed by atoms with Crippen molar-refractivity contribution in [2.45, 2.75) is 11.3 Å². The summed E-state index contributed by atoms with van der Waals surface area (Å²) in [7, 11) is -3.83. The molecule has 2 heterocycles. The minimum Gasteiger partial charge on any atom is -0.353 e. The van der Waals surface area contributed by atoms with Crippen molar-refractivity contribution < 1.29 is 13.3 Å². The van der Waals surface area contributed by atoms with Gasteiger partial charge in [0.15, 0.2) is 0 Å². The maximum atomic E-state index is 12.6. The summed E-state index contributed by atoms with van der Waals surface area (Å²) in [5.74, 6) is 1.09. The summed E-state index contributed by atoms with van der Waals surface area (Å²) in [5, 5.41) is 12.0. The van der Waals surface area contributed by atoms with Gasteiger partial charge in [-0.3, -0.25) is 19.7 Å². The van der Waals surface area contributed by atoms with Crippen molar-refractivity contribution >= 4 is 48.8 Å². The molecule has 0 amide bonds. The van der Waals surface area contributed by atoms with Crippen LogP contribution in [-0.4, -0.2) is 55.3 Å². The Bertz CT molecular complexity index is 1460. The molecule has 11 heteroatoms. The third-order valence-corrected chi connectivity index (χ3v) is 8.53. The molecule has 0 spiro atoms. The van der Waals surface area contributed by atoms with Gasteiger partial charge < -0.3 is 4.90 Å². The fraction of sp³-hybridized carbons (Fsp3) is 0.240. The Balaban J connectivity index is 1.12. The van der Waals surface area contributed by atoms with Crippen LogP contribution in [0.5, 0.6) is 0 Å². The number of aromatic nitrogens is 1. The van der Waals surface area contributed by atoms with Crippen LogP contribution in [0.1, 0.15) is 5.56 Å². The lowest BCUT2D eigenvalue weighted by Gasteiger charge is -2.35. The van der Waals surface area contributed by atoms with E-state index < -0.39 is 14.9 Å².